The summed E-state index contributed by atoms with van der Waals surface area (Å²) in [4.78, 5) is 35.1. The number of carbonyl (C=O) groups is 3. The van der Waals surface area contributed by atoms with E-state index in [1.807, 2.05) is 132 Å². The van der Waals surface area contributed by atoms with E-state index in [2.05, 4.69) is 10.1 Å². The van der Waals surface area contributed by atoms with Crippen LogP contribution in [-0.2, 0) is 18.0 Å². The van der Waals surface area contributed by atoms with Crippen LogP contribution in [0.25, 0.3) is 33.9 Å². The maximum absolute atomic E-state index is 11.8. The molecule has 66 heavy (non-hydrogen) atoms. The Kier molecular flexibility index (Phi) is 14.5. The summed E-state index contributed by atoms with van der Waals surface area (Å²) in [6.45, 7) is 4.63. The Hall–Kier alpha value is -7.93. The van der Waals surface area contributed by atoms with Crippen molar-refractivity contribution in [3.05, 3.63) is 201 Å². The number of benzene rings is 6. The molecule has 334 valence electrons. The minimum atomic E-state index is -1.12. The van der Waals surface area contributed by atoms with Crippen molar-refractivity contribution in [2.24, 2.45) is 0 Å². The molecule has 0 spiro atoms. The number of aryl methyl sites for hydroxylation is 2. The van der Waals surface area contributed by atoms with Gasteiger partial charge in [0.25, 0.3) is 0 Å². The van der Waals surface area contributed by atoms with Crippen LogP contribution in [0.3, 0.4) is 0 Å². The Morgan fingerprint density at radius 1 is 0.576 bits per heavy atom. The number of carboxylic acids is 2. The van der Waals surface area contributed by atoms with Crippen LogP contribution in [0.15, 0.2) is 158 Å². The lowest BCUT2D eigenvalue weighted by Crippen LogP contribution is -2.12. The summed E-state index contributed by atoms with van der Waals surface area (Å²) >= 11 is 12.7. The van der Waals surface area contributed by atoms with Crippen LogP contribution in [0.4, 0.5) is 16.2 Å². The van der Waals surface area contributed by atoms with Crippen LogP contribution in [0.1, 0.15) is 43.2 Å². The van der Waals surface area contributed by atoms with Crippen LogP contribution in [0.5, 0.6) is 11.5 Å². The summed E-state index contributed by atoms with van der Waals surface area (Å²) < 4.78 is 20.8. The van der Waals surface area contributed by atoms with E-state index >= 15 is 0 Å². The van der Waals surface area contributed by atoms with E-state index in [1.54, 1.807) is 30.3 Å². The number of halogens is 2. The van der Waals surface area contributed by atoms with Gasteiger partial charge in [-0.2, -0.15) is 0 Å². The minimum absolute atomic E-state index is 0.0135. The molecule has 8 rings (SSSR count). The van der Waals surface area contributed by atoms with Crippen LogP contribution >= 0.6 is 23.2 Å². The van der Waals surface area contributed by atoms with Crippen molar-refractivity contribution in [2.75, 3.05) is 18.2 Å². The van der Waals surface area contributed by atoms with Crippen molar-refractivity contribution in [1.82, 2.24) is 9.13 Å². The standard InChI is InChI=1S/C27H23ClN2O5.C25H21ClN2O3/c1-17-8-10-24(23-14-20(28)9-11-25(23)35-16-18-6-4-3-5-7-18)30(17)22-13-19(26(31)32)12-21(15-22)29-27(33)34-2;1-16-7-9-23(28(16)21-12-18(25(29)30)11-20(27)14-21)22-13-19(26)8-10-24(22)31-15-17-5-3-2-4-6-17/h3-15H,16H2,1-2H3,(H,29,33)(H,31,32);2-14H,15,27H2,1H3,(H,29,30). The van der Waals surface area contributed by atoms with Crippen molar-refractivity contribution >= 4 is 52.6 Å². The van der Waals surface area contributed by atoms with Crippen LogP contribution in [0.2, 0.25) is 10.0 Å². The van der Waals surface area contributed by atoms with E-state index in [0.717, 1.165) is 45.0 Å². The zero-order valence-corrected chi connectivity index (χ0v) is 37.5. The molecule has 12 nitrogen and oxygen atoms in total. The number of ether oxygens (including phenoxy) is 3. The molecule has 0 saturated carbocycles. The molecule has 0 bridgehead atoms. The second-order valence-electron chi connectivity index (χ2n) is 15.0. The van der Waals surface area contributed by atoms with Crippen molar-refractivity contribution in [3.63, 3.8) is 0 Å². The molecule has 0 saturated heterocycles. The molecule has 0 atom stereocenters. The maximum atomic E-state index is 11.8. The number of anilines is 2. The summed E-state index contributed by atoms with van der Waals surface area (Å²) in [7, 11) is 1.24. The van der Waals surface area contributed by atoms with Crippen molar-refractivity contribution in [2.45, 2.75) is 27.1 Å². The van der Waals surface area contributed by atoms with Gasteiger partial charge in [-0.25, -0.2) is 14.4 Å². The summed E-state index contributed by atoms with van der Waals surface area (Å²) in [5.41, 5.74) is 14.9. The number of carbonyl (C=O) groups excluding carboxylic acids is 1. The average Bonchev–Trinajstić information content (AvgIpc) is 3.90. The third-order valence-electron chi connectivity index (χ3n) is 10.4. The highest BCUT2D eigenvalue weighted by atomic mass is 35.5. The molecule has 1 amide bonds. The quantitative estimate of drug-likeness (QED) is 0.0823. The van der Waals surface area contributed by atoms with Gasteiger partial charge in [-0.3, -0.25) is 5.32 Å². The second-order valence-corrected chi connectivity index (χ2v) is 15.9. The number of aromatic nitrogens is 2. The topological polar surface area (TPSA) is 167 Å². The Balaban J connectivity index is 0.000000198. The van der Waals surface area contributed by atoms with Crippen molar-refractivity contribution < 1.29 is 38.8 Å². The highest BCUT2D eigenvalue weighted by Crippen LogP contribution is 2.38. The third-order valence-corrected chi connectivity index (χ3v) is 10.8. The number of nitrogens with two attached hydrogens (primary N) is 1. The molecule has 0 unspecified atom stereocenters. The summed E-state index contributed by atoms with van der Waals surface area (Å²) in [6, 6.07) is 47.7. The lowest BCUT2D eigenvalue weighted by Gasteiger charge is -2.17. The number of aromatic carboxylic acids is 2. The first kappa shape index (κ1) is 46.1. The Morgan fingerprint density at radius 2 is 1.03 bits per heavy atom. The normalized spacial score (nSPS) is 10.7. The molecule has 6 aromatic carbocycles. The third kappa shape index (κ3) is 11.0. The summed E-state index contributed by atoms with van der Waals surface area (Å²) in [5.74, 6) is -0.856. The number of nitrogens with zero attached hydrogens (tertiary/aromatic N) is 2. The van der Waals surface area contributed by atoms with Gasteiger partial charge < -0.3 is 39.3 Å². The van der Waals surface area contributed by atoms with E-state index in [4.69, 9.17) is 38.4 Å². The van der Waals surface area contributed by atoms with Crippen LogP contribution < -0.4 is 20.5 Å². The fraction of sp³-hybridized carbons (Fsp3) is 0.0962. The largest absolute Gasteiger partial charge is 0.488 e. The smallest absolute Gasteiger partial charge is 0.411 e. The van der Waals surface area contributed by atoms with Gasteiger partial charge in [0.1, 0.15) is 24.7 Å². The van der Waals surface area contributed by atoms with Gasteiger partial charge in [0.05, 0.1) is 29.6 Å². The Morgan fingerprint density at radius 3 is 1.48 bits per heavy atom. The van der Waals surface area contributed by atoms with E-state index in [-0.39, 0.29) is 16.8 Å². The molecule has 0 fully saturated rings. The molecular weight excluding hydrogens is 879 g/mol. The minimum Gasteiger partial charge on any atom is -0.488 e. The van der Waals surface area contributed by atoms with E-state index in [9.17, 15) is 24.6 Å². The van der Waals surface area contributed by atoms with Gasteiger partial charge in [-0.05, 0) is 122 Å². The zero-order valence-electron chi connectivity index (χ0n) is 36.0. The monoisotopic (exact) mass is 922 g/mol. The first-order valence-corrected chi connectivity index (χ1v) is 21.2. The van der Waals surface area contributed by atoms with Gasteiger partial charge in [0.15, 0.2) is 0 Å². The highest BCUT2D eigenvalue weighted by molar-refractivity contribution is 6.31. The van der Waals surface area contributed by atoms with Gasteiger partial charge in [0, 0.05) is 55.3 Å². The molecule has 0 radical (unpaired) electrons. The molecule has 5 N–H and O–H groups in total. The second kappa shape index (κ2) is 20.7. The predicted molar refractivity (Wildman–Crippen MR) is 258 cm³/mol. The Bertz CT molecular complexity index is 3040. The number of hydrogen-bond acceptors (Lipinski definition) is 7. The molecule has 14 heteroatoms. The lowest BCUT2D eigenvalue weighted by atomic mass is 10.1. The highest BCUT2D eigenvalue weighted by Gasteiger charge is 2.19. The molecule has 0 aliphatic carbocycles. The van der Waals surface area contributed by atoms with E-state index in [0.29, 0.717) is 51.8 Å². The number of hydrogen-bond donors (Lipinski definition) is 4. The maximum Gasteiger partial charge on any atom is 0.411 e. The summed E-state index contributed by atoms with van der Waals surface area (Å²) in [6.07, 6.45) is -0.700. The number of carboxylic acid groups (broad SMARTS) is 2. The zero-order chi connectivity index (χ0) is 46.9. The van der Waals surface area contributed by atoms with Gasteiger partial charge in [-0.15, -0.1) is 0 Å². The van der Waals surface area contributed by atoms with Crippen molar-refractivity contribution in [3.8, 4) is 45.4 Å². The molecule has 2 heterocycles. The fourth-order valence-corrected chi connectivity index (χ4v) is 7.65. The lowest BCUT2D eigenvalue weighted by molar-refractivity contribution is 0.0686. The molecular formula is C52H44Cl2N4O8. The summed E-state index contributed by atoms with van der Waals surface area (Å²) in [5, 5.41) is 22.7. The SMILES string of the molecule is COC(=O)Nc1cc(C(=O)O)cc(-n2c(C)ccc2-c2cc(Cl)ccc2OCc2ccccc2)c1.Cc1ccc(-c2cc(Cl)ccc2OCc2ccccc2)n1-c1cc(N)cc(C(=O)O)c1. The van der Waals surface area contributed by atoms with Crippen LogP contribution in [0, 0.1) is 13.8 Å². The average molecular weight is 924 g/mol. The van der Waals surface area contributed by atoms with Crippen LogP contribution in [-0.4, -0.2) is 44.5 Å². The molecule has 8 aromatic rings. The molecule has 2 aromatic heterocycles. The first-order valence-electron chi connectivity index (χ1n) is 20.5. The van der Waals surface area contributed by atoms with E-state index < -0.39 is 18.0 Å². The van der Waals surface area contributed by atoms with E-state index in [1.165, 1.54) is 25.3 Å². The number of nitrogens with one attached hydrogen (secondary N) is 1. The number of nitrogen functional groups attached to an aromatic ring is 1. The molecule has 0 aliphatic rings. The molecule has 0 aliphatic heterocycles. The number of rotatable bonds is 13. The Labute approximate surface area is 391 Å². The first-order chi connectivity index (χ1) is 31.8. The van der Waals surface area contributed by atoms with Crippen molar-refractivity contribution in [1.29, 1.82) is 0 Å². The predicted octanol–water partition coefficient (Wildman–Crippen LogP) is 12.5. The van der Waals surface area contributed by atoms with Gasteiger partial charge in [0.2, 0.25) is 0 Å². The van der Waals surface area contributed by atoms with Gasteiger partial charge >= 0.3 is 18.0 Å². The number of amides is 1. The van der Waals surface area contributed by atoms with Gasteiger partial charge in [-0.1, -0.05) is 83.9 Å². The number of methoxy groups -OCH3 is 1. The fourth-order valence-electron chi connectivity index (χ4n) is 7.30.